The summed E-state index contributed by atoms with van der Waals surface area (Å²) in [5.41, 5.74) is 9.29. The lowest BCUT2D eigenvalue weighted by molar-refractivity contribution is 0.417. The fraction of sp³-hybridized carbons (Fsp3) is 0.0625. The average molecular weight is 265 g/mol. The number of benzene rings is 2. The second kappa shape index (κ2) is 5.09. The molecule has 3 rings (SSSR count). The Morgan fingerprint density at radius 2 is 1.85 bits per heavy atom. The molecule has 0 aliphatic carbocycles. The van der Waals surface area contributed by atoms with Crippen LogP contribution >= 0.6 is 0 Å². The van der Waals surface area contributed by atoms with E-state index in [2.05, 4.69) is 10.3 Å². The fourth-order valence-corrected chi connectivity index (χ4v) is 2.20. The van der Waals surface area contributed by atoms with Gasteiger partial charge in [0, 0.05) is 17.3 Å². The number of nitrogens with two attached hydrogens (primary N) is 1. The van der Waals surface area contributed by atoms with Crippen LogP contribution in [0.2, 0.25) is 0 Å². The van der Waals surface area contributed by atoms with Gasteiger partial charge >= 0.3 is 0 Å². The van der Waals surface area contributed by atoms with Gasteiger partial charge in [-0.2, -0.15) is 0 Å². The van der Waals surface area contributed by atoms with E-state index < -0.39 is 0 Å². The number of para-hydroxylation sites is 3. The lowest BCUT2D eigenvalue weighted by Gasteiger charge is -2.13. The van der Waals surface area contributed by atoms with Crippen molar-refractivity contribution in [1.82, 2.24) is 4.98 Å². The highest BCUT2D eigenvalue weighted by atomic mass is 16.5. The number of hydrogen-bond donors (Lipinski definition) is 2. The third-order valence-corrected chi connectivity index (χ3v) is 3.18. The third kappa shape index (κ3) is 2.12. The predicted molar refractivity (Wildman–Crippen MR) is 82.4 cm³/mol. The average Bonchev–Trinajstić information content (AvgIpc) is 2.49. The van der Waals surface area contributed by atoms with Gasteiger partial charge in [-0.1, -0.05) is 24.3 Å². The molecule has 0 fully saturated rings. The molecule has 0 aliphatic heterocycles. The van der Waals surface area contributed by atoms with Crippen LogP contribution in [0.1, 0.15) is 0 Å². The van der Waals surface area contributed by atoms with Crippen LogP contribution in [0.5, 0.6) is 5.75 Å². The number of fused-ring (bicyclic) bond motifs is 1. The number of nitrogen functional groups attached to an aromatic ring is 1. The molecular formula is C16H15N3O. The number of methoxy groups -OCH3 is 1. The summed E-state index contributed by atoms with van der Waals surface area (Å²) in [6, 6.07) is 15.5. The summed E-state index contributed by atoms with van der Waals surface area (Å²) in [4.78, 5) is 4.33. The van der Waals surface area contributed by atoms with Gasteiger partial charge in [0.1, 0.15) is 5.75 Å². The van der Waals surface area contributed by atoms with E-state index in [1.54, 1.807) is 13.3 Å². The Morgan fingerprint density at radius 3 is 2.70 bits per heavy atom. The van der Waals surface area contributed by atoms with Gasteiger partial charge in [0.2, 0.25) is 0 Å². The molecule has 0 spiro atoms. The maximum absolute atomic E-state index is 5.96. The molecule has 0 radical (unpaired) electrons. The summed E-state index contributed by atoms with van der Waals surface area (Å²) in [6.07, 6.45) is 1.75. The van der Waals surface area contributed by atoms with E-state index in [0.29, 0.717) is 5.69 Å². The Bertz CT molecular complexity index is 756. The van der Waals surface area contributed by atoms with E-state index in [1.165, 1.54) is 0 Å². The quantitative estimate of drug-likeness (QED) is 0.711. The molecule has 0 saturated carbocycles. The van der Waals surface area contributed by atoms with Gasteiger partial charge in [0.15, 0.2) is 0 Å². The van der Waals surface area contributed by atoms with E-state index in [1.807, 2.05) is 48.5 Å². The molecule has 0 unspecified atom stereocenters. The predicted octanol–water partition coefficient (Wildman–Crippen LogP) is 3.57. The summed E-state index contributed by atoms with van der Waals surface area (Å²) in [6.45, 7) is 0. The molecule has 4 heteroatoms. The lowest BCUT2D eigenvalue weighted by Crippen LogP contribution is -1.97. The van der Waals surface area contributed by atoms with E-state index >= 15 is 0 Å². The third-order valence-electron chi connectivity index (χ3n) is 3.18. The van der Waals surface area contributed by atoms with Crippen molar-refractivity contribution in [3.63, 3.8) is 0 Å². The maximum atomic E-state index is 5.96. The van der Waals surface area contributed by atoms with Crippen LogP contribution in [-0.2, 0) is 0 Å². The standard InChI is InChI=1S/C16H15N3O/c1-20-15-8-3-2-7-14(15)19-13-9-10-18-16-11(13)5-4-6-12(16)17/h2-10H,17H2,1H3,(H,18,19). The number of hydrogen-bond acceptors (Lipinski definition) is 4. The van der Waals surface area contributed by atoms with Gasteiger partial charge in [-0.3, -0.25) is 4.98 Å². The smallest absolute Gasteiger partial charge is 0.142 e. The zero-order valence-corrected chi connectivity index (χ0v) is 11.1. The van der Waals surface area contributed by atoms with Crippen LogP contribution in [-0.4, -0.2) is 12.1 Å². The topological polar surface area (TPSA) is 60.2 Å². The van der Waals surface area contributed by atoms with Crippen LogP contribution in [0, 0.1) is 0 Å². The van der Waals surface area contributed by atoms with Crippen molar-refractivity contribution >= 4 is 28.0 Å². The molecule has 0 bridgehead atoms. The van der Waals surface area contributed by atoms with Gasteiger partial charge in [0.05, 0.1) is 24.0 Å². The van der Waals surface area contributed by atoms with E-state index in [4.69, 9.17) is 10.5 Å². The Labute approximate surface area is 117 Å². The van der Waals surface area contributed by atoms with Gasteiger partial charge < -0.3 is 15.8 Å². The SMILES string of the molecule is COc1ccccc1Nc1ccnc2c(N)cccc12. The van der Waals surface area contributed by atoms with E-state index in [0.717, 1.165) is 28.0 Å². The Morgan fingerprint density at radius 1 is 1.00 bits per heavy atom. The number of aromatic nitrogens is 1. The van der Waals surface area contributed by atoms with Gasteiger partial charge in [-0.25, -0.2) is 0 Å². The normalized spacial score (nSPS) is 10.4. The monoisotopic (exact) mass is 265 g/mol. The zero-order chi connectivity index (χ0) is 13.9. The number of pyridine rings is 1. The molecule has 3 aromatic rings. The number of nitrogens with zero attached hydrogens (tertiary/aromatic N) is 1. The number of rotatable bonds is 3. The summed E-state index contributed by atoms with van der Waals surface area (Å²) in [7, 11) is 1.66. The van der Waals surface area contributed by atoms with Crippen molar-refractivity contribution in [2.24, 2.45) is 0 Å². The maximum Gasteiger partial charge on any atom is 0.142 e. The highest BCUT2D eigenvalue weighted by molar-refractivity contribution is 5.99. The summed E-state index contributed by atoms with van der Waals surface area (Å²) < 4.78 is 5.35. The Hall–Kier alpha value is -2.75. The Balaban J connectivity index is 2.09. The highest BCUT2D eigenvalue weighted by Gasteiger charge is 2.07. The van der Waals surface area contributed by atoms with E-state index in [9.17, 15) is 0 Å². The summed E-state index contributed by atoms with van der Waals surface area (Å²) in [5, 5.41) is 4.36. The minimum Gasteiger partial charge on any atom is -0.495 e. The first kappa shape index (κ1) is 12.3. The zero-order valence-electron chi connectivity index (χ0n) is 11.1. The largest absolute Gasteiger partial charge is 0.495 e. The van der Waals surface area contributed by atoms with Gasteiger partial charge in [0.25, 0.3) is 0 Å². The van der Waals surface area contributed by atoms with Crippen molar-refractivity contribution in [2.45, 2.75) is 0 Å². The molecule has 100 valence electrons. The second-order valence-electron chi connectivity index (χ2n) is 4.43. The van der Waals surface area contributed by atoms with E-state index in [-0.39, 0.29) is 0 Å². The highest BCUT2D eigenvalue weighted by Crippen LogP contribution is 2.31. The van der Waals surface area contributed by atoms with Gasteiger partial charge in [-0.15, -0.1) is 0 Å². The molecule has 1 heterocycles. The minimum absolute atomic E-state index is 0.672. The van der Waals surface area contributed by atoms with Crippen LogP contribution in [0.3, 0.4) is 0 Å². The summed E-state index contributed by atoms with van der Waals surface area (Å²) in [5.74, 6) is 0.793. The molecule has 0 saturated heterocycles. The molecule has 2 aromatic carbocycles. The van der Waals surface area contributed by atoms with Crippen LogP contribution in [0.15, 0.2) is 54.7 Å². The van der Waals surface area contributed by atoms with Crippen molar-refractivity contribution in [3.8, 4) is 5.75 Å². The number of ether oxygens (including phenoxy) is 1. The summed E-state index contributed by atoms with van der Waals surface area (Å²) >= 11 is 0. The fourth-order valence-electron chi connectivity index (χ4n) is 2.20. The van der Waals surface area contributed by atoms with Crippen molar-refractivity contribution in [3.05, 3.63) is 54.7 Å². The van der Waals surface area contributed by atoms with Crippen LogP contribution < -0.4 is 15.8 Å². The molecule has 0 atom stereocenters. The van der Waals surface area contributed by atoms with Crippen LogP contribution in [0.25, 0.3) is 10.9 Å². The van der Waals surface area contributed by atoms with Crippen LogP contribution in [0.4, 0.5) is 17.1 Å². The lowest BCUT2D eigenvalue weighted by atomic mass is 10.1. The first-order chi connectivity index (χ1) is 9.79. The van der Waals surface area contributed by atoms with Crippen molar-refractivity contribution in [1.29, 1.82) is 0 Å². The second-order valence-corrected chi connectivity index (χ2v) is 4.43. The first-order valence-corrected chi connectivity index (χ1v) is 6.33. The number of anilines is 3. The first-order valence-electron chi connectivity index (χ1n) is 6.33. The Kier molecular flexibility index (Phi) is 3.13. The minimum atomic E-state index is 0.672. The molecule has 1 aromatic heterocycles. The molecular weight excluding hydrogens is 250 g/mol. The number of nitrogens with one attached hydrogen (secondary N) is 1. The van der Waals surface area contributed by atoms with Crippen molar-refractivity contribution < 1.29 is 4.74 Å². The van der Waals surface area contributed by atoms with Gasteiger partial charge in [-0.05, 0) is 24.3 Å². The molecule has 3 N–H and O–H groups in total. The molecule has 20 heavy (non-hydrogen) atoms. The molecule has 4 nitrogen and oxygen atoms in total. The van der Waals surface area contributed by atoms with Crippen molar-refractivity contribution in [2.75, 3.05) is 18.2 Å². The molecule has 0 amide bonds. The molecule has 0 aliphatic rings.